The molecule has 148 valence electrons. The number of hydrogen-bond donors (Lipinski definition) is 0. The van der Waals surface area contributed by atoms with Gasteiger partial charge in [-0.3, -0.25) is 4.79 Å². The summed E-state index contributed by atoms with van der Waals surface area (Å²) in [6, 6.07) is 20.4. The number of ether oxygens (including phenoxy) is 3. The van der Waals surface area contributed by atoms with Crippen LogP contribution >= 0.6 is 15.9 Å². The van der Waals surface area contributed by atoms with E-state index >= 15 is 0 Å². The maximum atomic E-state index is 12.3. The van der Waals surface area contributed by atoms with Gasteiger partial charge in [0.15, 0.2) is 5.78 Å². The zero-order chi connectivity index (χ0) is 20.6. The standard InChI is InChI=1S/C24H21BrO4/c1-27-21-9-11-22(12-10-21)29-16-19-15-17(4-14-24(19)28-2)3-13-23(26)18-5-7-20(25)8-6-18/h3-15H,16H2,1-2H3/b13-3+. The molecule has 0 amide bonds. The van der Waals surface area contributed by atoms with E-state index in [1.165, 1.54) is 0 Å². The molecule has 0 aliphatic carbocycles. The van der Waals surface area contributed by atoms with Gasteiger partial charge in [0.2, 0.25) is 0 Å². The van der Waals surface area contributed by atoms with Crippen molar-refractivity contribution in [3.05, 3.63) is 94.0 Å². The van der Waals surface area contributed by atoms with Crippen molar-refractivity contribution in [2.75, 3.05) is 14.2 Å². The second-order valence-corrected chi connectivity index (χ2v) is 7.16. The molecule has 0 aromatic heterocycles. The Labute approximate surface area is 178 Å². The number of carbonyl (C=O) groups is 1. The molecule has 0 saturated carbocycles. The van der Waals surface area contributed by atoms with Gasteiger partial charge in [-0.05, 0) is 72.3 Å². The topological polar surface area (TPSA) is 44.8 Å². The maximum Gasteiger partial charge on any atom is 0.185 e. The Morgan fingerprint density at radius 2 is 1.59 bits per heavy atom. The van der Waals surface area contributed by atoms with E-state index in [0.717, 1.165) is 32.8 Å². The Morgan fingerprint density at radius 3 is 2.24 bits per heavy atom. The minimum atomic E-state index is -0.0515. The number of halogens is 1. The monoisotopic (exact) mass is 452 g/mol. The Bertz CT molecular complexity index is 992. The fourth-order valence-corrected chi connectivity index (χ4v) is 2.99. The summed E-state index contributed by atoms with van der Waals surface area (Å²) >= 11 is 3.37. The summed E-state index contributed by atoms with van der Waals surface area (Å²) in [6.07, 6.45) is 3.36. The highest BCUT2D eigenvalue weighted by atomic mass is 79.9. The van der Waals surface area contributed by atoms with Crippen molar-refractivity contribution in [3.63, 3.8) is 0 Å². The lowest BCUT2D eigenvalue weighted by molar-refractivity contribution is 0.104. The molecule has 0 bridgehead atoms. The summed E-state index contributed by atoms with van der Waals surface area (Å²) in [5, 5.41) is 0. The van der Waals surface area contributed by atoms with Crippen LogP contribution in [0.15, 0.2) is 77.3 Å². The number of benzene rings is 3. The minimum absolute atomic E-state index is 0.0515. The first-order valence-corrected chi connectivity index (χ1v) is 9.80. The Hall–Kier alpha value is -3.05. The average Bonchev–Trinajstić information content (AvgIpc) is 2.77. The molecule has 0 atom stereocenters. The highest BCUT2D eigenvalue weighted by Crippen LogP contribution is 2.24. The van der Waals surface area contributed by atoms with Crippen LogP contribution in [-0.2, 0) is 6.61 Å². The van der Waals surface area contributed by atoms with Crippen molar-refractivity contribution in [1.82, 2.24) is 0 Å². The van der Waals surface area contributed by atoms with Crippen molar-refractivity contribution in [3.8, 4) is 17.2 Å². The molecule has 5 heteroatoms. The van der Waals surface area contributed by atoms with Gasteiger partial charge in [-0.15, -0.1) is 0 Å². The summed E-state index contributed by atoms with van der Waals surface area (Å²) in [7, 11) is 3.25. The third-order valence-electron chi connectivity index (χ3n) is 4.31. The predicted octanol–water partition coefficient (Wildman–Crippen LogP) is 5.94. The van der Waals surface area contributed by atoms with Crippen LogP contribution in [0.1, 0.15) is 21.5 Å². The summed E-state index contributed by atoms with van der Waals surface area (Å²) < 4.78 is 17.4. The number of hydrogen-bond acceptors (Lipinski definition) is 4. The van der Waals surface area contributed by atoms with Crippen molar-refractivity contribution in [1.29, 1.82) is 0 Å². The van der Waals surface area contributed by atoms with Crippen LogP contribution in [0.2, 0.25) is 0 Å². The third-order valence-corrected chi connectivity index (χ3v) is 4.84. The van der Waals surface area contributed by atoms with Gasteiger partial charge in [0.1, 0.15) is 23.9 Å². The van der Waals surface area contributed by atoms with Crippen LogP contribution < -0.4 is 14.2 Å². The van der Waals surface area contributed by atoms with E-state index in [1.54, 1.807) is 38.5 Å². The molecule has 0 saturated heterocycles. The van der Waals surface area contributed by atoms with Crippen LogP contribution in [0.3, 0.4) is 0 Å². The normalized spacial score (nSPS) is 10.7. The molecule has 3 aromatic rings. The van der Waals surface area contributed by atoms with Gasteiger partial charge < -0.3 is 14.2 Å². The van der Waals surface area contributed by atoms with E-state index in [4.69, 9.17) is 14.2 Å². The van der Waals surface area contributed by atoms with E-state index in [9.17, 15) is 4.79 Å². The summed E-state index contributed by atoms with van der Waals surface area (Å²) in [5.74, 6) is 2.19. The number of methoxy groups -OCH3 is 2. The molecule has 4 nitrogen and oxygen atoms in total. The molecule has 29 heavy (non-hydrogen) atoms. The molecular weight excluding hydrogens is 432 g/mol. The van der Waals surface area contributed by atoms with Crippen molar-refractivity contribution < 1.29 is 19.0 Å². The van der Waals surface area contributed by atoms with Gasteiger partial charge in [-0.1, -0.05) is 28.1 Å². The first-order valence-electron chi connectivity index (χ1n) is 9.01. The minimum Gasteiger partial charge on any atom is -0.497 e. The summed E-state index contributed by atoms with van der Waals surface area (Å²) in [6.45, 7) is 0.345. The molecule has 0 fully saturated rings. The second-order valence-electron chi connectivity index (χ2n) is 6.24. The lowest BCUT2D eigenvalue weighted by Crippen LogP contribution is -1.99. The van der Waals surface area contributed by atoms with Gasteiger partial charge in [-0.2, -0.15) is 0 Å². The molecule has 0 aliphatic rings. The second kappa shape index (κ2) is 9.94. The van der Waals surface area contributed by atoms with Crippen molar-refractivity contribution in [2.45, 2.75) is 6.61 Å². The van der Waals surface area contributed by atoms with Crippen LogP contribution in [0.5, 0.6) is 17.2 Å². The first kappa shape index (κ1) is 20.7. The molecule has 0 aliphatic heterocycles. The van der Waals surface area contributed by atoms with E-state index < -0.39 is 0 Å². The molecule has 3 aromatic carbocycles. The van der Waals surface area contributed by atoms with E-state index in [0.29, 0.717) is 12.2 Å². The SMILES string of the molecule is COc1ccc(OCc2cc(/C=C/C(=O)c3ccc(Br)cc3)ccc2OC)cc1. The number of rotatable bonds is 8. The summed E-state index contributed by atoms with van der Waals surface area (Å²) in [4.78, 5) is 12.3. The molecule has 0 heterocycles. The molecule has 0 radical (unpaired) electrons. The maximum absolute atomic E-state index is 12.3. The van der Waals surface area contributed by atoms with E-state index in [2.05, 4.69) is 15.9 Å². The van der Waals surface area contributed by atoms with Gasteiger partial charge in [0.25, 0.3) is 0 Å². The lowest BCUT2D eigenvalue weighted by Gasteiger charge is -2.11. The summed E-state index contributed by atoms with van der Waals surface area (Å²) in [5.41, 5.74) is 2.42. The zero-order valence-electron chi connectivity index (χ0n) is 16.2. The fraction of sp³-hybridized carbons (Fsp3) is 0.125. The zero-order valence-corrected chi connectivity index (χ0v) is 17.8. The van der Waals surface area contributed by atoms with E-state index in [1.807, 2.05) is 54.6 Å². The third kappa shape index (κ3) is 5.72. The Balaban J connectivity index is 1.71. The largest absolute Gasteiger partial charge is 0.497 e. The van der Waals surface area contributed by atoms with Gasteiger partial charge in [0.05, 0.1) is 14.2 Å². The highest BCUT2D eigenvalue weighted by Gasteiger charge is 2.06. The number of carbonyl (C=O) groups excluding carboxylic acids is 1. The molecule has 0 N–H and O–H groups in total. The predicted molar refractivity (Wildman–Crippen MR) is 118 cm³/mol. The van der Waals surface area contributed by atoms with Crippen LogP contribution in [0, 0.1) is 0 Å². The van der Waals surface area contributed by atoms with Gasteiger partial charge >= 0.3 is 0 Å². The van der Waals surface area contributed by atoms with Crippen LogP contribution in [0.4, 0.5) is 0 Å². The van der Waals surface area contributed by atoms with Gasteiger partial charge in [-0.25, -0.2) is 0 Å². The van der Waals surface area contributed by atoms with Crippen LogP contribution in [-0.4, -0.2) is 20.0 Å². The van der Waals surface area contributed by atoms with Crippen molar-refractivity contribution in [2.24, 2.45) is 0 Å². The van der Waals surface area contributed by atoms with Crippen LogP contribution in [0.25, 0.3) is 6.08 Å². The molecule has 3 rings (SSSR count). The Morgan fingerprint density at radius 1 is 0.897 bits per heavy atom. The Kier molecular flexibility index (Phi) is 7.09. The fourth-order valence-electron chi connectivity index (χ4n) is 2.73. The smallest absolute Gasteiger partial charge is 0.185 e. The molecular formula is C24H21BrO4. The lowest BCUT2D eigenvalue weighted by atomic mass is 10.1. The highest BCUT2D eigenvalue weighted by molar-refractivity contribution is 9.10. The average molecular weight is 453 g/mol. The van der Waals surface area contributed by atoms with E-state index in [-0.39, 0.29) is 5.78 Å². The number of allylic oxidation sites excluding steroid dienone is 1. The number of ketones is 1. The molecule has 0 spiro atoms. The van der Waals surface area contributed by atoms with Gasteiger partial charge in [0, 0.05) is 15.6 Å². The molecule has 0 unspecified atom stereocenters. The first-order chi connectivity index (χ1) is 14.1. The van der Waals surface area contributed by atoms with Crippen molar-refractivity contribution >= 4 is 27.8 Å². The quantitative estimate of drug-likeness (QED) is 0.313.